The SMILES string of the molecule is CCc1cccc2c1C(=O)N(c1c(-c3ccncc3)nc(NC[C@@H](N)Cc3ccccc3)n(C)c1=O)C2. The first-order chi connectivity index (χ1) is 18.0. The van der Waals surface area contributed by atoms with Gasteiger partial charge in [0, 0.05) is 43.2 Å². The molecule has 188 valence electrons. The number of nitrogens with one attached hydrogen (secondary N) is 1. The third-order valence-corrected chi connectivity index (χ3v) is 6.76. The third kappa shape index (κ3) is 4.75. The number of pyridine rings is 1. The third-order valence-electron chi connectivity index (χ3n) is 6.76. The molecule has 0 bridgehead atoms. The lowest BCUT2D eigenvalue weighted by atomic mass is 10.0. The number of nitrogens with zero attached hydrogens (tertiary/aromatic N) is 4. The number of rotatable bonds is 8. The minimum absolute atomic E-state index is 0.174. The minimum Gasteiger partial charge on any atom is -0.354 e. The Morgan fingerprint density at radius 2 is 1.78 bits per heavy atom. The van der Waals surface area contributed by atoms with Crippen molar-refractivity contribution >= 4 is 17.5 Å². The van der Waals surface area contributed by atoms with Crippen molar-refractivity contribution < 1.29 is 4.79 Å². The number of nitrogens with two attached hydrogens (primary N) is 1. The molecule has 8 heteroatoms. The van der Waals surface area contributed by atoms with Crippen LogP contribution in [0.15, 0.2) is 77.9 Å². The lowest BCUT2D eigenvalue weighted by Crippen LogP contribution is -2.36. The molecule has 37 heavy (non-hydrogen) atoms. The number of carbonyl (C=O) groups excluding carboxylic acids is 1. The van der Waals surface area contributed by atoms with Gasteiger partial charge in [-0.1, -0.05) is 55.5 Å². The monoisotopic (exact) mass is 494 g/mol. The average Bonchev–Trinajstić information content (AvgIpc) is 3.26. The average molecular weight is 495 g/mol. The highest BCUT2D eigenvalue weighted by molar-refractivity contribution is 6.12. The van der Waals surface area contributed by atoms with Gasteiger partial charge in [0.2, 0.25) is 5.95 Å². The fourth-order valence-electron chi connectivity index (χ4n) is 4.83. The summed E-state index contributed by atoms with van der Waals surface area (Å²) in [7, 11) is 1.66. The van der Waals surface area contributed by atoms with E-state index in [9.17, 15) is 9.59 Å². The van der Waals surface area contributed by atoms with E-state index in [1.165, 1.54) is 4.57 Å². The molecule has 1 amide bonds. The van der Waals surface area contributed by atoms with Crippen LogP contribution in [0.2, 0.25) is 0 Å². The lowest BCUT2D eigenvalue weighted by molar-refractivity contribution is 0.0995. The van der Waals surface area contributed by atoms with Crippen LogP contribution in [0.1, 0.15) is 34.0 Å². The smallest absolute Gasteiger partial charge is 0.279 e. The number of anilines is 2. The quantitative estimate of drug-likeness (QED) is 0.388. The number of aryl methyl sites for hydroxylation is 1. The molecule has 5 rings (SSSR count). The second kappa shape index (κ2) is 10.4. The minimum atomic E-state index is -0.305. The Morgan fingerprint density at radius 3 is 2.51 bits per heavy atom. The summed E-state index contributed by atoms with van der Waals surface area (Å²) in [6.07, 6.45) is 4.73. The number of carbonyl (C=O) groups is 1. The number of hydrogen-bond acceptors (Lipinski definition) is 6. The molecule has 2 aromatic heterocycles. The Bertz CT molecular complexity index is 1480. The number of amides is 1. The van der Waals surface area contributed by atoms with Gasteiger partial charge in [-0.25, -0.2) is 4.98 Å². The predicted molar refractivity (Wildman–Crippen MR) is 146 cm³/mol. The number of fused-ring (bicyclic) bond motifs is 1. The molecular formula is C29H30N6O2. The van der Waals surface area contributed by atoms with Crippen molar-refractivity contribution in [1.29, 1.82) is 0 Å². The maximum atomic E-state index is 13.8. The van der Waals surface area contributed by atoms with Gasteiger partial charge in [-0.05, 0) is 41.7 Å². The van der Waals surface area contributed by atoms with E-state index < -0.39 is 0 Å². The molecule has 0 saturated carbocycles. The number of hydrogen-bond donors (Lipinski definition) is 2. The van der Waals surface area contributed by atoms with Gasteiger partial charge in [0.15, 0.2) is 0 Å². The summed E-state index contributed by atoms with van der Waals surface area (Å²) in [4.78, 5) is 37.9. The Kier molecular flexibility index (Phi) is 6.83. The van der Waals surface area contributed by atoms with Crippen molar-refractivity contribution in [3.8, 4) is 11.3 Å². The van der Waals surface area contributed by atoms with Crippen molar-refractivity contribution in [2.45, 2.75) is 32.4 Å². The Morgan fingerprint density at radius 1 is 1.03 bits per heavy atom. The molecule has 8 nitrogen and oxygen atoms in total. The summed E-state index contributed by atoms with van der Waals surface area (Å²) in [5.41, 5.74) is 11.2. The second-order valence-corrected chi connectivity index (χ2v) is 9.26. The number of benzene rings is 2. The van der Waals surface area contributed by atoms with E-state index in [-0.39, 0.29) is 23.2 Å². The molecule has 0 radical (unpaired) electrons. The normalized spacial score (nSPS) is 13.5. The topological polar surface area (TPSA) is 106 Å². The second-order valence-electron chi connectivity index (χ2n) is 9.26. The van der Waals surface area contributed by atoms with Gasteiger partial charge < -0.3 is 11.1 Å². The zero-order valence-corrected chi connectivity index (χ0v) is 21.0. The molecule has 0 aliphatic carbocycles. The number of aromatic nitrogens is 3. The van der Waals surface area contributed by atoms with Crippen molar-refractivity contribution in [3.05, 3.63) is 106 Å². The Labute approximate surface area is 215 Å². The van der Waals surface area contributed by atoms with Crippen molar-refractivity contribution in [2.24, 2.45) is 12.8 Å². The highest BCUT2D eigenvalue weighted by Gasteiger charge is 2.34. The van der Waals surface area contributed by atoms with Gasteiger partial charge in [-0.3, -0.25) is 24.0 Å². The van der Waals surface area contributed by atoms with Gasteiger partial charge in [0.05, 0.1) is 6.54 Å². The summed E-state index contributed by atoms with van der Waals surface area (Å²) in [5, 5.41) is 3.26. The molecule has 0 unspecified atom stereocenters. The maximum Gasteiger partial charge on any atom is 0.279 e. The molecular weight excluding hydrogens is 464 g/mol. The van der Waals surface area contributed by atoms with Gasteiger partial charge in [0.25, 0.3) is 11.5 Å². The van der Waals surface area contributed by atoms with Crippen molar-refractivity contribution in [3.63, 3.8) is 0 Å². The first kappa shape index (κ1) is 24.4. The van der Waals surface area contributed by atoms with Crippen LogP contribution in [0.5, 0.6) is 0 Å². The van der Waals surface area contributed by atoms with Crippen molar-refractivity contribution in [2.75, 3.05) is 16.8 Å². The van der Waals surface area contributed by atoms with Crippen LogP contribution in [0.3, 0.4) is 0 Å². The molecule has 1 atom stereocenters. The fraction of sp³-hybridized carbons (Fsp3) is 0.241. The van der Waals surface area contributed by atoms with Crippen LogP contribution in [-0.4, -0.2) is 33.0 Å². The predicted octanol–water partition coefficient (Wildman–Crippen LogP) is 3.55. The zero-order valence-electron chi connectivity index (χ0n) is 21.0. The molecule has 3 N–H and O–H groups in total. The molecule has 1 aliphatic heterocycles. The molecule has 0 saturated heterocycles. The van der Waals surface area contributed by atoms with E-state index in [0.29, 0.717) is 42.3 Å². The maximum absolute atomic E-state index is 13.8. The Hall–Kier alpha value is -4.30. The van der Waals surface area contributed by atoms with E-state index >= 15 is 0 Å². The molecule has 0 spiro atoms. The van der Waals surface area contributed by atoms with E-state index in [2.05, 4.69) is 10.3 Å². The van der Waals surface area contributed by atoms with Crippen molar-refractivity contribution in [1.82, 2.24) is 14.5 Å². The molecule has 4 aromatic rings. The molecule has 2 aromatic carbocycles. The van der Waals surface area contributed by atoms with Gasteiger partial charge >= 0.3 is 0 Å². The molecule has 1 aliphatic rings. The van der Waals surface area contributed by atoms with Crippen LogP contribution in [-0.2, 0) is 26.4 Å². The van der Waals surface area contributed by atoms with Crippen LogP contribution in [0.4, 0.5) is 11.6 Å². The fourth-order valence-corrected chi connectivity index (χ4v) is 4.83. The zero-order chi connectivity index (χ0) is 25.9. The Balaban J connectivity index is 1.51. The first-order valence-corrected chi connectivity index (χ1v) is 12.4. The van der Waals surface area contributed by atoms with E-state index in [4.69, 9.17) is 10.7 Å². The molecule has 0 fully saturated rings. The summed E-state index contributed by atoms with van der Waals surface area (Å²) >= 11 is 0. The van der Waals surface area contributed by atoms with Gasteiger partial charge in [-0.15, -0.1) is 0 Å². The lowest BCUT2D eigenvalue weighted by Gasteiger charge is -2.22. The van der Waals surface area contributed by atoms with Crippen LogP contribution < -0.4 is 21.5 Å². The first-order valence-electron chi connectivity index (χ1n) is 12.4. The van der Waals surface area contributed by atoms with E-state index in [0.717, 1.165) is 23.1 Å². The highest BCUT2D eigenvalue weighted by atomic mass is 16.2. The van der Waals surface area contributed by atoms with Crippen LogP contribution in [0.25, 0.3) is 11.3 Å². The largest absolute Gasteiger partial charge is 0.354 e. The van der Waals surface area contributed by atoms with Gasteiger partial charge in [-0.2, -0.15) is 0 Å². The highest BCUT2D eigenvalue weighted by Crippen LogP contribution is 2.34. The summed E-state index contributed by atoms with van der Waals surface area (Å²) < 4.78 is 1.45. The van der Waals surface area contributed by atoms with E-state index in [1.807, 2.05) is 55.5 Å². The summed E-state index contributed by atoms with van der Waals surface area (Å²) in [5.74, 6) is 0.217. The van der Waals surface area contributed by atoms with E-state index in [1.54, 1.807) is 36.5 Å². The standard InChI is InChI=1S/C29H30N6O2/c1-3-20-10-7-11-22-18-35(27(36)24(20)22)26-25(21-12-14-31-15-13-21)33-29(34(2)28(26)37)32-17-23(30)16-19-8-5-4-6-9-19/h4-15,23H,3,16-18,30H2,1-2H3,(H,32,33)/t23-/m0/s1. The van der Waals surface area contributed by atoms with Crippen LogP contribution >= 0.6 is 0 Å². The van der Waals surface area contributed by atoms with Crippen LogP contribution in [0, 0.1) is 0 Å². The molecule has 3 heterocycles. The summed E-state index contributed by atoms with van der Waals surface area (Å²) in [6, 6.07) is 19.3. The summed E-state index contributed by atoms with van der Waals surface area (Å²) in [6.45, 7) is 2.78. The van der Waals surface area contributed by atoms with Gasteiger partial charge in [0.1, 0.15) is 11.4 Å².